The van der Waals surface area contributed by atoms with Gasteiger partial charge < -0.3 is 0 Å². The lowest BCUT2D eigenvalue weighted by molar-refractivity contribution is -0.648. The van der Waals surface area contributed by atoms with E-state index in [0.29, 0.717) is 23.7 Å². The molecular formula is C17H21FN5O2+. The standard InChI is InChI=1S/C17H20FN5O2/c1-4-10(2)19-16-20-14-13(15(24)21-17(25)22(14)3)23(16)9-11-5-7-12(18)8-6-11/h5-8,10H,4,9H2,1-3H3,(H2,19,20,21,24,25)/p+1. The van der Waals surface area contributed by atoms with E-state index in [1.165, 1.54) is 16.7 Å². The average Bonchev–Trinajstić information content (AvgIpc) is 2.93. The van der Waals surface area contributed by atoms with Crippen molar-refractivity contribution in [1.82, 2.24) is 14.5 Å². The van der Waals surface area contributed by atoms with Gasteiger partial charge in [0.15, 0.2) is 0 Å². The van der Waals surface area contributed by atoms with Crippen LogP contribution in [0.3, 0.4) is 0 Å². The zero-order valence-corrected chi connectivity index (χ0v) is 14.4. The summed E-state index contributed by atoms with van der Waals surface area (Å²) in [5, 5.41) is 3.32. The quantitative estimate of drug-likeness (QED) is 0.608. The van der Waals surface area contributed by atoms with Gasteiger partial charge in [0.2, 0.25) is 11.2 Å². The number of fused-ring (bicyclic) bond motifs is 1. The van der Waals surface area contributed by atoms with Gasteiger partial charge in [-0.3, -0.25) is 19.7 Å². The molecule has 1 atom stereocenters. The Morgan fingerprint density at radius 3 is 2.56 bits per heavy atom. The van der Waals surface area contributed by atoms with Crippen LogP contribution in [0.5, 0.6) is 0 Å². The Hall–Kier alpha value is -2.90. The van der Waals surface area contributed by atoms with Crippen LogP contribution in [0.25, 0.3) is 11.2 Å². The van der Waals surface area contributed by atoms with Crippen molar-refractivity contribution in [3.05, 3.63) is 56.5 Å². The van der Waals surface area contributed by atoms with Gasteiger partial charge in [0, 0.05) is 7.05 Å². The molecule has 0 amide bonds. The molecule has 0 aliphatic carbocycles. The van der Waals surface area contributed by atoms with E-state index in [2.05, 4.69) is 15.3 Å². The van der Waals surface area contributed by atoms with Gasteiger partial charge in [0.05, 0.1) is 12.6 Å². The summed E-state index contributed by atoms with van der Waals surface area (Å²) >= 11 is 0. The first-order valence-corrected chi connectivity index (χ1v) is 8.16. The van der Waals surface area contributed by atoms with E-state index in [1.54, 1.807) is 23.7 Å². The molecule has 0 fully saturated rings. The zero-order valence-electron chi connectivity index (χ0n) is 14.4. The Labute approximate surface area is 143 Å². The fourth-order valence-corrected chi connectivity index (χ4v) is 2.67. The minimum Gasteiger partial charge on any atom is -0.275 e. The van der Waals surface area contributed by atoms with E-state index in [0.717, 1.165) is 12.0 Å². The van der Waals surface area contributed by atoms with E-state index in [1.807, 2.05) is 13.8 Å². The van der Waals surface area contributed by atoms with Crippen molar-refractivity contribution in [2.45, 2.75) is 32.9 Å². The van der Waals surface area contributed by atoms with E-state index in [4.69, 9.17) is 0 Å². The van der Waals surface area contributed by atoms with Crippen LogP contribution in [0.4, 0.5) is 10.3 Å². The normalized spacial score (nSPS) is 12.5. The third-order valence-corrected chi connectivity index (χ3v) is 4.33. The number of aromatic nitrogens is 4. The summed E-state index contributed by atoms with van der Waals surface area (Å²) in [6.45, 7) is 4.44. The number of benzene rings is 1. The average molecular weight is 346 g/mol. The molecule has 2 heterocycles. The molecule has 132 valence electrons. The first-order chi connectivity index (χ1) is 11.9. The summed E-state index contributed by atoms with van der Waals surface area (Å²) in [5.41, 5.74) is 0.683. The van der Waals surface area contributed by atoms with Gasteiger partial charge in [-0.25, -0.2) is 18.7 Å². The second-order valence-electron chi connectivity index (χ2n) is 6.16. The van der Waals surface area contributed by atoms with Crippen molar-refractivity contribution >= 4 is 17.1 Å². The number of nitrogens with one attached hydrogen (secondary N) is 3. The Kier molecular flexibility index (Phi) is 4.43. The molecule has 0 spiro atoms. The summed E-state index contributed by atoms with van der Waals surface area (Å²) in [5.74, 6) is 0.311. The number of nitrogens with zero attached hydrogens (tertiary/aromatic N) is 2. The highest BCUT2D eigenvalue weighted by Crippen LogP contribution is 2.11. The van der Waals surface area contributed by atoms with E-state index >= 15 is 0 Å². The molecule has 25 heavy (non-hydrogen) atoms. The third kappa shape index (κ3) is 3.19. The summed E-state index contributed by atoms with van der Waals surface area (Å²) in [4.78, 5) is 29.7. The number of H-pyrrole nitrogens is 2. The number of hydrogen-bond acceptors (Lipinski definition) is 3. The van der Waals surface area contributed by atoms with Crippen molar-refractivity contribution in [1.29, 1.82) is 0 Å². The van der Waals surface area contributed by atoms with Crippen LogP contribution in [0.1, 0.15) is 25.8 Å². The minimum absolute atomic E-state index is 0.170. The lowest BCUT2D eigenvalue weighted by Crippen LogP contribution is -2.42. The van der Waals surface area contributed by atoms with Gasteiger partial charge in [-0.2, -0.15) is 0 Å². The Balaban J connectivity index is 2.20. The van der Waals surface area contributed by atoms with Crippen LogP contribution in [-0.4, -0.2) is 20.6 Å². The third-order valence-electron chi connectivity index (χ3n) is 4.33. The zero-order chi connectivity index (χ0) is 18.1. The first-order valence-electron chi connectivity index (χ1n) is 8.16. The monoisotopic (exact) mass is 346 g/mol. The molecule has 0 saturated heterocycles. The maximum absolute atomic E-state index is 13.2. The Bertz CT molecular complexity index is 1020. The SMILES string of the molecule is CCC(C)Nc1[nH]c2c(c(=O)[nH]c(=O)n2C)[n+]1Cc1ccc(F)cc1. The first kappa shape index (κ1) is 16.9. The molecular weight excluding hydrogens is 325 g/mol. The molecule has 1 aromatic carbocycles. The Morgan fingerprint density at radius 2 is 1.92 bits per heavy atom. The topological polar surface area (TPSA) is 86.6 Å². The summed E-state index contributed by atoms with van der Waals surface area (Å²) in [7, 11) is 1.59. The van der Waals surface area contributed by atoms with Gasteiger partial charge in [-0.15, -0.1) is 0 Å². The number of imidazole rings is 1. The molecule has 0 bridgehead atoms. The molecule has 1 unspecified atom stereocenters. The van der Waals surface area contributed by atoms with Crippen LogP contribution in [0, 0.1) is 5.82 Å². The molecule has 0 aliphatic heterocycles. The number of rotatable bonds is 5. The van der Waals surface area contributed by atoms with Crippen molar-refractivity contribution < 1.29 is 8.96 Å². The fraction of sp³-hybridized carbons (Fsp3) is 0.353. The summed E-state index contributed by atoms with van der Waals surface area (Å²) in [6.07, 6.45) is 0.890. The molecule has 0 saturated carbocycles. The van der Waals surface area contributed by atoms with Crippen molar-refractivity contribution in [3.63, 3.8) is 0 Å². The van der Waals surface area contributed by atoms with E-state index in [9.17, 15) is 14.0 Å². The molecule has 7 nitrogen and oxygen atoms in total. The smallest absolute Gasteiger partial charge is 0.275 e. The number of aryl methyl sites for hydroxylation is 1. The highest BCUT2D eigenvalue weighted by molar-refractivity contribution is 5.67. The second-order valence-corrected chi connectivity index (χ2v) is 6.16. The molecule has 0 aliphatic rings. The summed E-state index contributed by atoms with van der Waals surface area (Å²) in [6, 6.07) is 6.27. The number of halogens is 1. The van der Waals surface area contributed by atoms with Crippen LogP contribution in [0.2, 0.25) is 0 Å². The predicted octanol–water partition coefficient (Wildman–Crippen LogP) is 1.24. The lowest BCUT2D eigenvalue weighted by atomic mass is 10.2. The number of aromatic amines is 2. The number of hydrogen-bond donors (Lipinski definition) is 3. The van der Waals surface area contributed by atoms with Gasteiger partial charge >= 0.3 is 11.6 Å². The number of anilines is 1. The maximum atomic E-state index is 13.2. The molecule has 0 radical (unpaired) electrons. The van der Waals surface area contributed by atoms with Gasteiger partial charge in [0.1, 0.15) is 5.82 Å². The van der Waals surface area contributed by atoms with E-state index < -0.39 is 11.2 Å². The fourth-order valence-electron chi connectivity index (χ4n) is 2.67. The van der Waals surface area contributed by atoms with Crippen LogP contribution in [0.15, 0.2) is 33.9 Å². The Morgan fingerprint density at radius 1 is 1.24 bits per heavy atom. The van der Waals surface area contributed by atoms with Crippen molar-refractivity contribution in [2.24, 2.45) is 7.05 Å². The van der Waals surface area contributed by atoms with Crippen molar-refractivity contribution in [3.8, 4) is 0 Å². The van der Waals surface area contributed by atoms with Gasteiger partial charge in [-0.05, 0) is 31.0 Å². The molecule has 3 aromatic rings. The van der Waals surface area contributed by atoms with E-state index in [-0.39, 0.29) is 11.9 Å². The highest BCUT2D eigenvalue weighted by Gasteiger charge is 2.24. The predicted molar refractivity (Wildman–Crippen MR) is 93.2 cm³/mol. The summed E-state index contributed by atoms with van der Waals surface area (Å²) < 4.78 is 16.3. The highest BCUT2D eigenvalue weighted by atomic mass is 19.1. The van der Waals surface area contributed by atoms with Gasteiger partial charge in [-0.1, -0.05) is 19.1 Å². The minimum atomic E-state index is -0.484. The van der Waals surface area contributed by atoms with Crippen molar-refractivity contribution in [2.75, 3.05) is 5.32 Å². The largest absolute Gasteiger partial charge is 0.357 e. The maximum Gasteiger partial charge on any atom is 0.357 e. The van der Waals surface area contributed by atoms with Gasteiger partial charge in [0.25, 0.3) is 5.56 Å². The lowest BCUT2D eigenvalue weighted by Gasteiger charge is -2.08. The van der Waals surface area contributed by atoms with Crippen LogP contribution < -0.4 is 21.1 Å². The second kappa shape index (κ2) is 6.54. The van der Waals surface area contributed by atoms with Crippen LogP contribution in [-0.2, 0) is 13.6 Å². The molecule has 3 N–H and O–H groups in total. The molecule has 2 aromatic heterocycles. The molecule has 3 rings (SSSR count). The molecule has 8 heteroatoms. The van der Waals surface area contributed by atoms with Crippen LogP contribution >= 0.6 is 0 Å².